The summed E-state index contributed by atoms with van der Waals surface area (Å²) in [4.78, 5) is 0. The Kier molecular flexibility index (Phi) is 4.48. The zero-order valence-corrected chi connectivity index (χ0v) is 13.2. The highest BCUT2D eigenvalue weighted by atomic mass is 31.1. The summed E-state index contributed by atoms with van der Waals surface area (Å²) in [7, 11) is 0.803. The summed E-state index contributed by atoms with van der Waals surface area (Å²) in [6, 6.07) is 28.2. The molecule has 0 N–H and O–H groups in total. The number of aryl methyl sites for hydroxylation is 1. The summed E-state index contributed by atoms with van der Waals surface area (Å²) >= 11 is 0. The van der Waals surface area contributed by atoms with Gasteiger partial charge in [-0.2, -0.15) is 0 Å². The second-order valence-electron chi connectivity index (χ2n) is 5.20. The molecule has 0 heterocycles. The topological polar surface area (TPSA) is 0 Å². The molecule has 0 radical (unpaired) electrons. The first kappa shape index (κ1) is 14.0. The van der Waals surface area contributed by atoms with Gasteiger partial charge in [0.2, 0.25) is 0 Å². The van der Waals surface area contributed by atoms with Crippen molar-refractivity contribution in [2.75, 3.05) is 0 Å². The van der Waals surface area contributed by atoms with Gasteiger partial charge in [0.25, 0.3) is 0 Å². The van der Waals surface area contributed by atoms with Gasteiger partial charge in [-0.3, -0.25) is 0 Å². The van der Waals surface area contributed by atoms with Crippen LogP contribution in [0, 0.1) is 6.92 Å². The minimum atomic E-state index is 0.803. The Labute approximate surface area is 128 Å². The SMILES string of the molecule is Cc1ccccc1-c1ccccc1PCc1ccccc1. The molecule has 0 aliphatic rings. The van der Waals surface area contributed by atoms with E-state index in [4.69, 9.17) is 0 Å². The predicted octanol–water partition coefficient (Wildman–Crippen LogP) is 5.17. The summed E-state index contributed by atoms with van der Waals surface area (Å²) in [6.07, 6.45) is 1.11. The third kappa shape index (κ3) is 3.40. The molecule has 1 heteroatoms. The average molecular weight is 290 g/mol. The third-order valence-electron chi connectivity index (χ3n) is 3.69. The van der Waals surface area contributed by atoms with Crippen molar-refractivity contribution < 1.29 is 0 Å². The Bertz CT molecular complexity index is 717. The maximum Gasteiger partial charge on any atom is -0.00600 e. The Morgan fingerprint density at radius 2 is 1.29 bits per heavy atom. The van der Waals surface area contributed by atoms with E-state index in [1.54, 1.807) is 0 Å². The van der Waals surface area contributed by atoms with Crippen LogP contribution in [0.15, 0.2) is 78.9 Å². The monoisotopic (exact) mass is 290 g/mol. The summed E-state index contributed by atoms with van der Waals surface area (Å²) in [6.45, 7) is 2.19. The molecular formula is C20H19P. The number of benzene rings is 3. The summed E-state index contributed by atoms with van der Waals surface area (Å²) in [5.41, 5.74) is 5.49. The van der Waals surface area contributed by atoms with E-state index in [1.807, 2.05) is 0 Å². The highest BCUT2D eigenvalue weighted by Crippen LogP contribution is 2.28. The first-order valence-electron chi connectivity index (χ1n) is 7.27. The molecule has 0 aliphatic carbocycles. The van der Waals surface area contributed by atoms with Crippen LogP contribution >= 0.6 is 8.58 Å². The summed E-state index contributed by atoms with van der Waals surface area (Å²) in [5.74, 6) is 0. The molecular weight excluding hydrogens is 271 g/mol. The predicted molar refractivity (Wildman–Crippen MR) is 94.7 cm³/mol. The fraction of sp³-hybridized carbons (Fsp3) is 0.100. The number of hydrogen-bond acceptors (Lipinski definition) is 0. The molecule has 0 amide bonds. The van der Waals surface area contributed by atoms with Gasteiger partial charge in [0.1, 0.15) is 0 Å². The Balaban J connectivity index is 1.88. The van der Waals surface area contributed by atoms with Crippen LogP contribution in [-0.2, 0) is 6.16 Å². The largest absolute Gasteiger partial charge is 0.0852 e. The fourth-order valence-corrected chi connectivity index (χ4v) is 3.79. The zero-order chi connectivity index (χ0) is 14.5. The van der Waals surface area contributed by atoms with Crippen LogP contribution in [0.2, 0.25) is 0 Å². The van der Waals surface area contributed by atoms with E-state index < -0.39 is 0 Å². The lowest BCUT2D eigenvalue weighted by Crippen LogP contribution is -2.01. The van der Waals surface area contributed by atoms with Crippen molar-refractivity contribution in [3.8, 4) is 11.1 Å². The molecule has 3 aromatic rings. The van der Waals surface area contributed by atoms with Gasteiger partial charge in [-0.25, -0.2) is 0 Å². The smallest absolute Gasteiger partial charge is 0.00600 e. The van der Waals surface area contributed by atoms with Crippen LogP contribution in [-0.4, -0.2) is 0 Å². The Morgan fingerprint density at radius 3 is 2.05 bits per heavy atom. The molecule has 0 nitrogen and oxygen atoms in total. The van der Waals surface area contributed by atoms with Gasteiger partial charge in [-0.05, 0) is 40.6 Å². The van der Waals surface area contributed by atoms with Crippen LogP contribution in [0.25, 0.3) is 11.1 Å². The second-order valence-corrected chi connectivity index (χ2v) is 6.45. The first-order valence-corrected chi connectivity index (χ1v) is 8.48. The van der Waals surface area contributed by atoms with Gasteiger partial charge in [0.15, 0.2) is 0 Å². The fourth-order valence-electron chi connectivity index (χ4n) is 2.54. The molecule has 21 heavy (non-hydrogen) atoms. The van der Waals surface area contributed by atoms with E-state index in [-0.39, 0.29) is 0 Å². The molecule has 1 atom stereocenters. The van der Waals surface area contributed by atoms with Crippen molar-refractivity contribution in [3.05, 3.63) is 90.0 Å². The minimum absolute atomic E-state index is 0.803. The maximum atomic E-state index is 2.27. The molecule has 104 valence electrons. The van der Waals surface area contributed by atoms with Crippen molar-refractivity contribution in [2.24, 2.45) is 0 Å². The third-order valence-corrected chi connectivity index (χ3v) is 5.09. The van der Waals surface area contributed by atoms with Gasteiger partial charge < -0.3 is 0 Å². The number of rotatable bonds is 4. The molecule has 0 saturated heterocycles. The van der Waals surface area contributed by atoms with Crippen molar-refractivity contribution in [1.82, 2.24) is 0 Å². The van der Waals surface area contributed by atoms with Crippen LogP contribution in [0.4, 0.5) is 0 Å². The molecule has 3 rings (SSSR count). The van der Waals surface area contributed by atoms with E-state index in [1.165, 1.54) is 27.6 Å². The van der Waals surface area contributed by atoms with Gasteiger partial charge in [0, 0.05) is 0 Å². The molecule has 0 aromatic heterocycles. The van der Waals surface area contributed by atoms with Crippen molar-refractivity contribution in [1.29, 1.82) is 0 Å². The van der Waals surface area contributed by atoms with Crippen molar-refractivity contribution >= 4 is 13.9 Å². The molecule has 0 fully saturated rings. The average Bonchev–Trinajstić information content (AvgIpc) is 2.55. The molecule has 1 unspecified atom stereocenters. The highest BCUT2D eigenvalue weighted by Gasteiger charge is 2.06. The minimum Gasteiger partial charge on any atom is -0.0852 e. The lowest BCUT2D eigenvalue weighted by atomic mass is 10.0. The molecule has 0 aliphatic heterocycles. The molecule has 0 spiro atoms. The van der Waals surface area contributed by atoms with Crippen LogP contribution in [0.5, 0.6) is 0 Å². The van der Waals surface area contributed by atoms with E-state index >= 15 is 0 Å². The van der Waals surface area contributed by atoms with Crippen molar-refractivity contribution in [3.63, 3.8) is 0 Å². The second kappa shape index (κ2) is 6.70. The van der Waals surface area contributed by atoms with E-state index in [0.29, 0.717) is 0 Å². The Hall–Kier alpha value is -1.91. The van der Waals surface area contributed by atoms with E-state index in [0.717, 1.165) is 14.7 Å². The lowest BCUT2D eigenvalue weighted by molar-refractivity contribution is 1.41. The van der Waals surface area contributed by atoms with Crippen LogP contribution in [0.1, 0.15) is 11.1 Å². The Morgan fingerprint density at radius 1 is 0.667 bits per heavy atom. The zero-order valence-electron chi connectivity index (χ0n) is 12.2. The number of hydrogen-bond donors (Lipinski definition) is 0. The van der Waals surface area contributed by atoms with Gasteiger partial charge >= 0.3 is 0 Å². The van der Waals surface area contributed by atoms with Crippen LogP contribution in [0.3, 0.4) is 0 Å². The van der Waals surface area contributed by atoms with Gasteiger partial charge in [0.05, 0.1) is 0 Å². The summed E-state index contributed by atoms with van der Waals surface area (Å²) in [5, 5.41) is 1.45. The van der Waals surface area contributed by atoms with Crippen molar-refractivity contribution in [2.45, 2.75) is 13.1 Å². The maximum absolute atomic E-state index is 2.27. The lowest BCUT2D eigenvalue weighted by Gasteiger charge is -2.12. The normalized spacial score (nSPS) is 11.1. The van der Waals surface area contributed by atoms with Crippen LogP contribution < -0.4 is 5.30 Å². The molecule has 3 aromatic carbocycles. The summed E-state index contributed by atoms with van der Waals surface area (Å²) < 4.78 is 0. The molecule has 0 saturated carbocycles. The van der Waals surface area contributed by atoms with Gasteiger partial charge in [-0.15, -0.1) is 0 Å². The van der Waals surface area contributed by atoms with Gasteiger partial charge in [-0.1, -0.05) is 87.4 Å². The van der Waals surface area contributed by atoms with E-state index in [9.17, 15) is 0 Å². The quantitative estimate of drug-likeness (QED) is 0.582. The van der Waals surface area contributed by atoms with E-state index in [2.05, 4.69) is 85.8 Å². The first-order chi connectivity index (χ1) is 10.3. The standard InChI is InChI=1S/C20H19P/c1-16-9-5-6-12-18(16)19-13-7-8-14-20(19)21-15-17-10-3-2-4-11-17/h2-14,21H,15H2,1H3. The molecule has 0 bridgehead atoms. The highest BCUT2D eigenvalue weighted by molar-refractivity contribution is 7.46.